The van der Waals surface area contributed by atoms with E-state index in [-0.39, 0.29) is 66.2 Å². The van der Waals surface area contributed by atoms with Crippen molar-refractivity contribution in [3.05, 3.63) is 23.9 Å². The maximum absolute atomic E-state index is 13.0. The number of carbonyl (C=O) groups is 2. The topological polar surface area (TPSA) is 148 Å². The second kappa shape index (κ2) is 22.7. The van der Waals surface area contributed by atoms with Gasteiger partial charge in [-0.05, 0) is 42.7 Å². The molecule has 11 nitrogen and oxygen atoms in total. The van der Waals surface area contributed by atoms with E-state index in [1.807, 2.05) is 13.8 Å². The molecule has 13 heteroatoms. The summed E-state index contributed by atoms with van der Waals surface area (Å²) in [6, 6.07) is 2.86. The highest BCUT2D eigenvalue weighted by Gasteiger charge is 2.30. The first-order valence-corrected chi connectivity index (χ1v) is 15.0. The van der Waals surface area contributed by atoms with Crippen molar-refractivity contribution in [3.8, 4) is 5.88 Å². The number of morpholine rings is 1. The number of nitrogens with two attached hydrogens (primary N) is 1. The van der Waals surface area contributed by atoms with Crippen LogP contribution in [0.5, 0.6) is 5.88 Å². The number of pyridine rings is 1. The van der Waals surface area contributed by atoms with Crippen LogP contribution in [0, 0.1) is 23.7 Å². The fourth-order valence-electron chi connectivity index (χ4n) is 4.88. The number of amides is 2. The van der Waals surface area contributed by atoms with E-state index in [0.717, 1.165) is 32.8 Å². The minimum atomic E-state index is -0.838. The molecule has 1 aliphatic heterocycles. The zero-order valence-electron chi connectivity index (χ0n) is 26.5. The molecule has 1 aliphatic rings. The van der Waals surface area contributed by atoms with Crippen LogP contribution in [-0.2, 0) is 14.3 Å². The van der Waals surface area contributed by atoms with Gasteiger partial charge < -0.3 is 35.7 Å². The molecule has 2 rings (SSSR count). The molecule has 0 spiro atoms. The Morgan fingerprint density at radius 1 is 1.09 bits per heavy atom. The van der Waals surface area contributed by atoms with Crippen LogP contribution >= 0.6 is 24.8 Å². The molecule has 2 heterocycles. The number of aliphatic hydroxyl groups excluding tert-OH is 1. The summed E-state index contributed by atoms with van der Waals surface area (Å²) in [6.45, 7) is 14.0. The number of rotatable bonds is 19. The Labute approximate surface area is 270 Å². The number of carbonyl (C=O) groups excluding carboxylic acids is 2. The molecular weight excluding hydrogens is 597 g/mol. The molecule has 0 unspecified atom stereocenters. The van der Waals surface area contributed by atoms with Gasteiger partial charge in [0.15, 0.2) is 0 Å². The van der Waals surface area contributed by atoms with Crippen LogP contribution in [0.1, 0.15) is 57.3 Å². The summed E-state index contributed by atoms with van der Waals surface area (Å²) in [5.74, 6) is -0.0613. The van der Waals surface area contributed by atoms with Gasteiger partial charge in [0.2, 0.25) is 11.8 Å². The first kappa shape index (κ1) is 41.3. The van der Waals surface area contributed by atoms with E-state index in [0.29, 0.717) is 51.1 Å². The smallest absolute Gasteiger partial charge is 0.256 e. The Balaban J connectivity index is 0.00000882. The SMILES string of the molecule is COCCCOc1ncccc1C(=O)NC[C@@H](C[C@H](N)[C@@H](O)C[C@H](C(=O)NCCN1CCOCC1)C(C)C)C(C)C.Cl.Cl. The minimum absolute atomic E-state index is 0. The number of hydrogen-bond acceptors (Lipinski definition) is 9. The number of hydrogen-bond donors (Lipinski definition) is 4. The Hall–Kier alpha value is -1.73. The van der Waals surface area contributed by atoms with Crippen LogP contribution in [0.2, 0.25) is 0 Å². The molecule has 250 valence electrons. The molecular formula is C30H55Cl2N5O6. The van der Waals surface area contributed by atoms with Crippen LogP contribution in [0.25, 0.3) is 0 Å². The average Bonchev–Trinajstić information content (AvgIpc) is 2.96. The third-order valence-corrected chi connectivity index (χ3v) is 7.75. The van der Waals surface area contributed by atoms with Gasteiger partial charge in [0, 0.05) is 71.0 Å². The fourth-order valence-corrected chi connectivity index (χ4v) is 4.88. The average molecular weight is 653 g/mol. The van der Waals surface area contributed by atoms with Gasteiger partial charge >= 0.3 is 0 Å². The lowest BCUT2D eigenvalue weighted by Crippen LogP contribution is -2.45. The molecule has 0 saturated carbocycles. The van der Waals surface area contributed by atoms with E-state index in [2.05, 4.69) is 34.4 Å². The summed E-state index contributed by atoms with van der Waals surface area (Å²) < 4.78 is 16.1. The van der Waals surface area contributed by atoms with Gasteiger partial charge in [-0.15, -0.1) is 24.8 Å². The molecule has 1 aromatic heterocycles. The number of methoxy groups -OCH3 is 1. The highest BCUT2D eigenvalue weighted by Crippen LogP contribution is 2.23. The van der Waals surface area contributed by atoms with Gasteiger partial charge in [0.1, 0.15) is 5.56 Å². The van der Waals surface area contributed by atoms with Crippen LogP contribution in [0.3, 0.4) is 0 Å². The summed E-state index contributed by atoms with van der Waals surface area (Å²) in [6.07, 6.45) is 2.25. The molecule has 43 heavy (non-hydrogen) atoms. The lowest BCUT2D eigenvalue weighted by molar-refractivity contribution is -0.127. The Morgan fingerprint density at radius 3 is 2.42 bits per heavy atom. The summed E-state index contributed by atoms with van der Waals surface area (Å²) in [5.41, 5.74) is 6.84. The molecule has 5 N–H and O–H groups in total. The molecule has 1 fully saturated rings. The molecule has 4 atom stereocenters. The van der Waals surface area contributed by atoms with Crippen molar-refractivity contribution in [3.63, 3.8) is 0 Å². The second-order valence-electron chi connectivity index (χ2n) is 11.6. The number of aliphatic hydroxyl groups is 1. The van der Waals surface area contributed by atoms with Gasteiger partial charge in [-0.2, -0.15) is 0 Å². The molecule has 0 aromatic carbocycles. The summed E-state index contributed by atoms with van der Waals surface area (Å²) in [7, 11) is 1.63. The van der Waals surface area contributed by atoms with E-state index < -0.39 is 12.1 Å². The number of halogens is 2. The van der Waals surface area contributed by atoms with Crippen molar-refractivity contribution in [1.82, 2.24) is 20.5 Å². The van der Waals surface area contributed by atoms with Crippen molar-refractivity contribution < 1.29 is 28.9 Å². The summed E-state index contributed by atoms with van der Waals surface area (Å²) in [5, 5.41) is 17.1. The molecule has 0 bridgehead atoms. The van der Waals surface area contributed by atoms with Crippen molar-refractivity contribution in [2.45, 2.75) is 59.1 Å². The Bertz CT molecular complexity index is 908. The van der Waals surface area contributed by atoms with Crippen molar-refractivity contribution >= 4 is 36.6 Å². The Kier molecular flexibility index (Phi) is 21.8. The Morgan fingerprint density at radius 2 is 1.79 bits per heavy atom. The van der Waals surface area contributed by atoms with E-state index in [1.54, 1.807) is 25.4 Å². The van der Waals surface area contributed by atoms with Crippen molar-refractivity contribution in [1.29, 1.82) is 0 Å². The number of aromatic nitrogens is 1. The number of ether oxygens (including phenoxy) is 3. The monoisotopic (exact) mass is 651 g/mol. The largest absolute Gasteiger partial charge is 0.477 e. The van der Waals surface area contributed by atoms with Crippen molar-refractivity contribution in [2.75, 3.05) is 66.3 Å². The highest BCUT2D eigenvalue weighted by molar-refractivity contribution is 5.96. The minimum Gasteiger partial charge on any atom is -0.477 e. The van der Waals surface area contributed by atoms with Crippen LogP contribution in [0.4, 0.5) is 0 Å². The highest BCUT2D eigenvalue weighted by atomic mass is 35.5. The predicted molar refractivity (Wildman–Crippen MR) is 173 cm³/mol. The third kappa shape index (κ3) is 15.2. The maximum Gasteiger partial charge on any atom is 0.256 e. The molecule has 2 amide bonds. The predicted octanol–water partition coefficient (Wildman–Crippen LogP) is 2.53. The zero-order valence-corrected chi connectivity index (χ0v) is 28.1. The van der Waals surface area contributed by atoms with Gasteiger partial charge in [0.05, 0.1) is 25.9 Å². The number of nitrogens with one attached hydrogen (secondary N) is 2. The number of nitrogens with zero attached hydrogens (tertiary/aromatic N) is 2. The lowest BCUT2D eigenvalue weighted by atomic mass is 9.83. The van der Waals surface area contributed by atoms with Gasteiger partial charge in [-0.3, -0.25) is 14.5 Å². The van der Waals surface area contributed by atoms with Crippen LogP contribution in [-0.4, -0.2) is 105 Å². The molecule has 1 aromatic rings. The van der Waals surface area contributed by atoms with Crippen molar-refractivity contribution in [2.24, 2.45) is 29.4 Å². The van der Waals surface area contributed by atoms with Crippen LogP contribution in [0.15, 0.2) is 18.3 Å². The fraction of sp³-hybridized carbons (Fsp3) is 0.767. The van der Waals surface area contributed by atoms with Gasteiger partial charge in [0.25, 0.3) is 5.91 Å². The molecule has 0 aliphatic carbocycles. The third-order valence-electron chi connectivity index (χ3n) is 7.75. The molecule has 0 radical (unpaired) electrons. The van der Waals surface area contributed by atoms with E-state index in [1.165, 1.54) is 0 Å². The maximum atomic E-state index is 13.0. The first-order chi connectivity index (χ1) is 19.6. The summed E-state index contributed by atoms with van der Waals surface area (Å²) >= 11 is 0. The normalized spacial score (nSPS) is 16.4. The quantitative estimate of drug-likeness (QED) is 0.166. The van der Waals surface area contributed by atoms with Gasteiger partial charge in [-0.1, -0.05) is 27.7 Å². The second-order valence-corrected chi connectivity index (χ2v) is 11.6. The molecule has 1 saturated heterocycles. The van der Waals surface area contributed by atoms with E-state index in [9.17, 15) is 14.7 Å². The zero-order chi connectivity index (χ0) is 30.2. The van der Waals surface area contributed by atoms with E-state index >= 15 is 0 Å². The van der Waals surface area contributed by atoms with E-state index in [4.69, 9.17) is 19.9 Å². The van der Waals surface area contributed by atoms with Gasteiger partial charge in [-0.25, -0.2) is 4.98 Å². The van der Waals surface area contributed by atoms with Crippen LogP contribution < -0.4 is 21.1 Å². The lowest BCUT2D eigenvalue weighted by Gasteiger charge is -2.30. The first-order valence-electron chi connectivity index (χ1n) is 15.0. The standard InChI is InChI=1S/C30H53N5O6.2ClH/c1-21(2)23(20-34-28(37)24-8-6-9-33-30(24)41-15-7-14-39-5)18-26(31)27(36)19-25(22(3)4)29(38)32-10-11-35-12-16-40-17-13-35;;/h6,8-9,21-23,25-27,36H,7,10-20,31H2,1-5H3,(H,32,38)(H,34,37);2*1H/t23-,25+,26+,27+;;/m1../s1. The summed E-state index contributed by atoms with van der Waals surface area (Å²) in [4.78, 5) is 32.5.